The zero-order valence-electron chi connectivity index (χ0n) is 16.4. The SMILES string of the molecule is O=C(Cn1c(=O)cnc2ccccc21)Nc1ccc2oc(-c3cc(F)ccc3Br)nc2c1. The Balaban J connectivity index is 1.41. The quantitative estimate of drug-likeness (QED) is 0.391. The number of para-hydroxylation sites is 2. The van der Waals surface area contributed by atoms with Gasteiger partial charge in [0.05, 0.1) is 22.8 Å². The van der Waals surface area contributed by atoms with E-state index in [4.69, 9.17) is 4.42 Å². The number of anilines is 1. The molecule has 0 atom stereocenters. The molecule has 0 radical (unpaired) electrons. The van der Waals surface area contributed by atoms with Gasteiger partial charge in [-0.15, -0.1) is 0 Å². The maximum absolute atomic E-state index is 13.6. The van der Waals surface area contributed by atoms with Crippen molar-refractivity contribution in [3.8, 4) is 11.5 Å². The topological polar surface area (TPSA) is 90.0 Å². The van der Waals surface area contributed by atoms with E-state index in [2.05, 4.69) is 31.2 Å². The molecule has 0 saturated carbocycles. The van der Waals surface area contributed by atoms with Crippen LogP contribution >= 0.6 is 15.9 Å². The fourth-order valence-electron chi connectivity index (χ4n) is 3.40. The minimum absolute atomic E-state index is 0.166. The highest BCUT2D eigenvalue weighted by molar-refractivity contribution is 9.10. The number of oxazole rings is 1. The van der Waals surface area contributed by atoms with Gasteiger partial charge in [-0.2, -0.15) is 0 Å². The Morgan fingerprint density at radius 3 is 2.81 bits per heavy atom. The van der Waals surface area contributed by atoms with E-state index in [0.717, 1.165) is 0 Å². The summed E-state index contributed by atoms with van der Waals surface area (Å²) in [6.07, 6.45) is 1.20. The molecule has 7 nitrogen and oxygen atoms in total. The lowest BCUT2D eigenvalue weighted by atomic mass is 10.2. The third-order valence-electron chi connectivity index (χ3n) is 4.88. The summed E-state index contributed by atoms with van der Waals surface area (Å²) in [6.45, 7) is -0.166. The fourth-order valence-corrected chi connectivity index (χ4v) is 3.82. The normalized spacial score (nSPS) is 11.2. The van der Waals surface area contributed by atoms with Crippen molar-refractivity contribution in [2.45, 2.75) is 6.54 Å². The second-order valence-electron chi connectivity index (χ2n) is 7.05. The minimum Gasteiger partial charge on any atom is -0.436 e. The molecule has 9 heteroatoms. The summed E-state index contributed by atoms with van der Waals surface area (Å²) in [6, 6.07) is 16.3. The second kappa shape index (κ2) is 8.01. The highest BCUT2D eigenvalue weighted by Crippen LogP contribution is 2.31. The van der Waals surface area contributed by atoms with Crippen LogP contribution in [-0.2, 0) is 11.3 Å². The predicted octanol–water partition coefficient (Wildman–Crippen LogP) is 4.75. The molecular formula is C23H14BrFN4O3. The summed E-state index contributed by atoms with van der Waals surface area (Å²) >= 11 is 3.37. The highest BCUT2D eigenvalue weighted by atomic mass is 79.9. The number of halogens is 2. The first kappa shape index (κ1) is 20.1. The van der Waals surface area contributed by atoms with Crippen LogP contribution in [0.2, 0.25) is 0 Å². The maximum atomic E-state index is 13.6. The highest BCUT2D eigenvalue weighted by Gasteiger charge is 2.14. The van der Waals surface area contributed by atoms with E-state index >= 15 is 0 Å². The molecule has 0 bridgehead atoms. The molecule has 32 heavy (non-hydrogen) atoms. The Morgan fingerprint density at radius 1 is 1.09 bits per heavy atom. The van der Waals surface area contributed by atoms with Crippen molar-refractivity contribution >= 4 is 49.7 Å². The van der Waals surface area contributed by atoms with Gasteiger partial charge in [0.2, 0.25) is 11.8 Å². The van der Waals surface area contributed by atoms with Crippen LogP contribution in [0.1, 0.15) is 0 Å². The summed E-state index contributed by atoms with van der Waals surface area (Å²) in [7, 11) is 0. The number of nitrogens with one attached hydrogen (secondary N) is 1. The lowest BCUT2D eigenvalue weighted by molar-refractivity contribution is -0.116. The van der Waals surface area contributed by atoms with E-state index in [1.807, 2.05) is 6.07 Å². The molecule has 1 N–H and O–H groups in total. The van der Waals surface area contributed by atoms with E-state index in [9.17, 15) is 14.0 Å². The van der Waals surface area contributed by atoms with E-state index in [1.165, 1.54) is 22.9 Å². The standard InChI is InChI=1S/C23H14BrFN4O3/c24-16-7-5-13(25)9-15(16)23-28-18-10-14(6-8-20(18)32-23)27-21(30)12-29-19-4-2-1-3-17(19)26-11-22(29)31/h1-11H,12H2,(H,27,30). The maximum Gasteiger partial charge on any atom is 0.269 e. The van der Waals surface area contributed by atoms with E-state index < -0.39 is 5.82 Å². The van der Waals surface area contributed by atoms with Gasteiger partial charge >= 0.3 is 0 Å². The summed E-state index contributed by atoms with van der Waals surface area (Å²) in [5.74, 6) is -0.527. The molecule has 2 heterocycles. The van der Waals surface area contributed by atoms with Crippen molar-refractivity contribution in [1.29, 1.82) is 0 Å². The minimum atomic E-state index is -0.405. The first-order valence-corrected chi connectivity index (χ1v) is 10.4. The first-order chi connectivity index (χ1) is 15.5. The summed E-state index contributed by atoms with van der Waals surface area (Å²) in [5.41, 5.74) is 2.80. The van der Waals surface area contributed by atoms with Gasteiger partial charge in [-0.3, -0.25) is 14.2 Å². The van der Waals surface area contributed by atoms with Gasteiger partial charge in [0, 0.05) is 10.2 Å². The van der Waals surface area contributed by atoms with Crippen molar-refractivity contribution in [2.24, 2.45) is 0 Å². The molecule has 1 amide bonds. The Labute approximate surface area is 188 Å². The molecule has 3 aromatic carbocycles. The van der Waals surface area contributed by atoms with Gasteiger partial charge in [0.25, 0.3) is 5.56 Å². The Hall–Kier alpha value is -3.85. The van der Waals surface area contributed by atoms with Crippen LogP contribution in [0, 0.1) is 5.82 Å². The van der Waals surface area contributed by atoms with Crippen LogP contribution < -0.4 is 10.9 Å². The van der Waals surface area contributed by atoms with Crippen LogP contribution in [0.5, 0.6) is 0 Å². The number of rotatable bonds is 4. The van der Waals surface area contributed by atoms with Crippen molar-refractivity contribution in [1.82, 2.24) is 14.5 Å². The molecular weight excluding hydrogens is 479 g/mol. The number of hydrogen-bond acceptors (Lipinski definition) is 5. The molecule has 5 rings (SSSR count). The third kappa shape index (κ3) is 3.78. The first-order valence-electron chi connectivity index (χ1n) is 9.58. The van der Waals surface area contributed by atoms with Crippen LogP contribution in [0.25, 0.3) is 33.6 Å². The molecule has 0 spiro atoms. The van der Waals surface area contributed by atoms with Crippen LogP contribution in [-0.4, -0.2) is 20.4 Å². The number of hydrogen-bond donors (Lipinski definition) is 1. The van der Waals surface area contributed by atoms with Gasteiger partial charge in [-0.05, 0) is 64.5 Å². The van der Waals surface area contributed by atoms with E-state index in [1.54, 1.807) is 42.5 Å². The molecule has 0 saturated heterocycles. The Kier molecular flexibility index (Phi) is 5.02. The number of nitrogens with zero attached hydrogens (tertiary/aromatic N) is 3. The lowest BCUT2D eigenvalue weighted by Gasteiger charge is -2.10. The fraction of sp³-hybridized carbons (Fsp3) is 0.0435. The summed E-state index contributed by atoms with van der Waals surface area (Å²) in [5, 5.41) is 2.77. The van der Waals surface area contributed by atoms with Crippen molar-refractivity contribution in [3.05, 3.63) is 87.5 Å². The number of fused-ring (bicyclic) bond motifs is 2. The largest absolute Gasteiger partial charge is 0.436 e. The number of amides is 1. The van der Waals surface area contributed by atoms with E-state index in [-0.39, 0.29) is 23.9 Å². The van der Waals surface area contributed by atoms with Crippen molar-refractivity contribution in [2.75, 3.05) is 5.32 Å². The molecule has 158 valence electrons. The molecule has 0 aliphatic rings. The molecule has 5 aromatic rings. The van der Waals surface area contributed by atoms with Crippen molar-refractivity contribution in [3.63, 3.8) is 0 Å². The average molecular weight is 493 g/mol. The molecule has 2 aromatic heterocycles. The Morgan fingerprint density at radius 2 is 1.94 bits per heavy atom. The van der Waals surface area contributed by atoms with Gasteiger partial charge < -0.3 is 9.73 Å². The van der Waals surface area contributed by atoms with Crippen LogP contribution in [0.4, 0.5) is 10.1 Å². The second-order valence-corrected chi connectivity index (χ2v) is 7.90. The molecule has 0 unspecified atom stereocenters. The molecule has 0 aliphatic heterocycles. The number of carbonyl (C=O) groups is 1. The van der Waals surface area contributed by atoms with Gasteiger partial charge in [-0.1, -0.05) is 12.1 Å². The Bertz CT molecular complexity index is 1560. The third-order valence-corrected chi connectivity index (χ3v) is 5.58. The molecule has 0 aliphatic carbocycles. The van der Waals surface area contributed by atoms with Gasteiger partial charge in [-0.25, -0.2) is 14.4 Å². The molecule has 0 fully saturated rings. The van der Waals surface area contributed by atoms with Gasteiger partial charge in [0.1, 0.15) is 17.9 Å². The average Bonchev–Trinajstić information content (AvgIpc) is 3.20. The van der Waals surface area contributed by atoms with Crippen molar-refractivity contribution < 1.29 is 13.6 Å². The monoisotopic (exact) mass is 492 g/mol. The van der Waals surface area contributed by atoms with Crippen LogP contribution in [0.3, 0.4) is 0 Å². The number of benzene rings is 3. The predicted molar refractivity (Wildman–Crippen MR) is 122 cm³/mol. The van der Waals surface area contributed by atoms with E-state index in [0.29, 0.717) is 37.9 Å². The zero-order chi connectivity index (χ0) is 22.2. The summed E-state index contributed by atoms with van der Waals surface area (Å²) in [4.78, 5) is 33.4. The number of carbonyl (C=O) groups excluding carboxylic acids is 1. The summed E-state index contributed by atoms with van der Waals surface area (Å²) < 4.78 is 21.4. The van der Waals surface area contributed by atoms with Gasteiger partial charge in [0.15, 0.2) is 5.58 Å². The smallest absolute Gasteiger partial charge is 0.269 e. The lowest BCUT2D eigenvalue weighted by Crippen LogP contribution is -2.27. The zero-order valence-corrected chi connectivity index (χ0v) is 18.0. The number of aromatic nitrogens is 3. The van der Waals surface area contributed by atoms with Crippen LogP contribution in [0.15, 0.2) is 80.5 Å².